The Morgan fingerprint density at radius 3 is 2.15 bits per heavy atom. The molecule has 0 aromatic heterocycles. The third-order valence-corrected chi connectivity index (χ3v) is 5.71. The maximum absolute atomic E-state index is 12.7. The monoisotopic (exact) mass is 358 g/mol. The van der Waals surface area contributed by atoms with Crippen LogP contribution in [0.5, 0.6) is 0 Å². The molecule has 1 N–H and O–H groups in total. The van der Waals surface area contributed by atoms with E-state index < -0.39 is 5.79 Å². The number of rotatable bonds is 3. The number of nitrogens with one attached hydrogen (secondary N) is 1. The van der Waals surface area contributed by atoms with Crippen molar-refractivity contribution < 1.29 is 19.1 Å². The van der Waals surface area contributed by atoms with Crippen molar-refractivity contribution >= 4 is 11.8 Å². The highest BCUT2D eigenvalue weighted by atomic mass is 16.7. The summed E-state index contributed by atoms with van der Waals surface area (Å²) in [7, 11) is 0. The standard InChI is InChI=1S/C20H26N2O4/c23-18(21-17-3-1-2-4-17)15-5-7-16(8-6-15)19(24)22-11-9-20(10-12-22)25-13-14-26-20/h5-8,17H,1-4,9-14H2,(H,21,23). The number of ether oxygens (including phenoxy) is 2. The molecule has 4 rings (SSSR count). The first-order valence-electron chi connectivity index (χ1n) is 9.63. The molecule has 6 heteroatoms. The minimum Gasteiger partial charge on any atom is -0.349 e. The lowest BCUT2D eigenvalue weighted by Crippen LogP contribution is -2.47. The van der Waals surface area contributed by atoms with Crippen molar-refractivity contribution in [1.29, 1.82) is 0 Å². The Kier molecular flexibility index (Phi) is 4.96. The number of amides is 2. The third-order valence-electron chi connectivity index (χ3n) is 5.71. The van der Waals surface area contributed by atoms with E-state index in [0.29, 0.717) is 56.3 Å². The van der Waals surface area contributed by atoms with Gasteiger partial charge in [0, 0.05) is 43.1 Å². The molecule has 1 aliphatic carbocycles. The summed E-state index contributed by atoms with van der Waals surface area (Å²) < 4.78 is 11.4. The molecule has 140 valence electrons. The van der Waals surface area contributed by atoms with Gasteiger partial charge >= 0.3 is 0 Å². The number of piperidine rings is 1. The Bertz CT molecular complexity index is 651. The number of nitrogens with zero attached hydrogens (tertiary/aromatic N) is 1. The van der Waals surface area contributed by atoms with Crippen molar-refractivity contribution in [1.82, 2.24) is 10.2 Å². The molecule has 1 saturated carbocycles. The first-order valence-corrected chi connectivity index (χ1v) is 9.63. The van der Waals surface area contributed by atoms with Gasteiger partial charge in [-0.25, -0.2) is 0 Å². The minimum atomic E-state index is -0.473. The quantitative estimate of drug-likeness (QED) is 0.901. The molecule has 2 saturated heterocycles. The Morgan fingerprint density at radius 1 is 0.962 bits per heavy atom. The van der Waals surface area contributed by atoms with E-state index in [4.69, 9.17) is 9.47 Å². The Hall–Kier alpha value is -1.92. The molecular weight excluding hydrogens is 332 g/mol. The van der Waals surface area contributed by atoms with E-state index in [0.717, 1.165) is 12.8 Å². The van der Waals surface area contributed by atoms with Crippen LogP contribution in [0, 0.1) is 0 Å². The van der Waals surface area contributed by atoms with Gasteiger partial charge in [-0.1, -0.05) is 12.8 Å². The van der Waals surface area contributed by atoms with Crippen molar-refractivity contribution in [3.8, 4) is 0 Å². The van der Waals surface area contributed by atoms with Gasteiger partial charge in [-0.15, -0.1) is 0 Å². The van der Waals surface area contributed by atoms with Crippen molar-refractivity contribution in [2.75, 3.05) is 26.3 Å². The van der Waals surface area contributed by atoms with Gasteiger partial charge in [-0.2, -0.15) is 0 Å². The summed E-state index contributed by atoms with van der Waals surface area (Å²) >= 11 is 0. The lowest BCUT2D eigenvalue weighted by molar-refractivity contribution is -0.181. The smallest absolute Gasteiger partial charge is 0.253 e. The van der Waals surface area contributed by atoms with Crippen molar-refractivity contribution in [3.05, 3.63) is 35.4 Å². The zero-order valence-electron chi connectivity index (χ0n) is 15.0. The Labute approximate surface area is 153 Å². The molecule has 0 radical (unpaired) electrons. The van der Waals surface area contributed by atoms with Gasteiger partial charge in [0.1, 0.15) is 0 Å². The van der Waals surface area contributed by atoms with Crippen molar-refractivity contribution in [2.45, 2.75) is 50.4 Å². The average Bonchev–Trinajstić information content (AvgIpc) is 3.34. The predicted octanol–water partition coefficient (Wildman–Crippen LogP) is 2.34. The number of hydrogen-bond donors (Lipinski definition) is 1. The maximum Gasteiger partial charge on any atom is 0.253 e. The summed E-state index contributed by atoms with van der Waals surface area (Å²) in [4.78, 5) is 26.8. The van der Waals surface area contributed by atoms with E-state index in [1.54, 1.807) is 24.3 Å². The fourth-order valence-corrected chi connectivity index (χ4v) is 4.12. The molecular formula is C20H26N2O4. The van der Waals surface area contributed by atoms with Crippen LogP contribution < -0.4 is 5.32 Å². The van der Waals surface area contributed by atoms with E-state index in [2.05, 4.69) is 5.32 Å². The molecule has 0 atom stereocenters. The van der Waals surface area contributed by atoms with Gasteiger partial charge in [-0.05, 0) is 37.1 Å². The van der Waals surface area contributed by atoms with Gasteiger partial charge < -0.3 is 19.7 Å². The van der Waals surface area contributed by atoms with E-state index in [1.807, 2.05) is 4.90 Å². The zero-order chi connectivity index (χ0) is 18.0. The van der Waals surface area contributed by atoms with Crippen LogP contribution in [0.15, 0.2) is 24.3 Å². The van der Waals surface area contributed by atoms with Crippen LogP contribution >= 0.6 is 0 Å². The highest BCUT2D eigenvalue weighted by Crippen LogP contribution is 2.31. The largest absolute Gasteiger partial charge is 0.349 e. The minimum absolute atomic E-state index is 0.000554. The van der Waals surface area contributed by atoms with Gasteiger partial charge in [-0.3, -0.25) is 9.59 Å². The van der Waals surface area contributed by atoms with E-state index in [9.17, 15) is 9.59 Å². The van der Waals surface area contributed by atoms with E-state index >= 15 is 0 Å². The zero-order valence-corrected chi connectivity index (χ0v) is 15.0. The maximum atomic E-state index is 12.7. The number of benzene rings is 1. The van der Waals surface area contributed by atoms with Crippen LogP contribution in [0.25, 0.3) is 0 Å². The van der Waals surface area contributed by atoms with Crippen LogP contribution in [0.2, 0.25) is 0 Å². The highest BCUT2D eigenvalue weighted by Gasteiger charge is 2.40. The molecule has 6 nitrogen and oxygen atoms in total. The summed E-state index contributed by atoms with van der Waals surface area (Å²) in [6.45, 7) is 2.53. The fraction of sp³-hybridized carbons (Fsp3) is 0.600. The summed E-state index contributed by atoms with van der Waals surface area (Å²) in [5, 5.41) is 3.07. The van der Waals surface area contributed by atoms with Crippen LogP contribution in [0.1, 0.15) is 59.2 Å². The molecule has 2 aliphatic heterocycles. The first-order chi connectivity index (χ1) is 12.7. The van der Waals surface area contributed by atoms with Crippen LogP contribution in [0.4, 0.5) is 0 Å². The van der Waals surface area contributed by atoms with Gasteiger partial charge in [0.05, 0.1) is 13.2 Å². The fourth-order valence-electron chi connectivity index (χ4n) is 4.12. The molecule has 2 heterocycles. The molecule has 0 bridgehead atoms. The topological polar surface area (TPSA) is 67.9 Å². The lowest BCUT2D eigenvalue weighted by atomic mass is 10.0. The second-order valence-corrected chi connectivity index (χ2v) is 7.43. The number of hydrogen-bond acceptors (Lipinski definition) is 4. The van der Waals surface area contributed by atoms with Crippen LogP contribution in [0.3, 0.4) is 0 Å². The molecule has 2 amide bonds. The second-order valence-electron chi connectivity index (χ2n) is 7.43. The number of carbonyl (C=O) groups is 2. The number of carbonyl (C=O) groups excluding carboxylic acids is 2. The molecule has 1 aromatic carbocycles. The second kappa shape index (κ2) is 7.37. The molecule has 3 aliphatic rings. The molecule has 1 spiro atoms. The Balaban J connectivity index is 1.34. The van der Waals surface area contributed by atoms with E-state index in [1.165, 1.54) is 12.8 Å². The predicted molar refractivity (Wildman–Crippen MR) is 95.9 cm³/mol. The van der Waals surface area contributed by atoms with Crippen LogP contribution in [-0.4, -0.2) is 54.8 Å². The molecule has 0 unspecified atom stereocenters. The van der Waals surface area contributed by atoms with Gasteiger partial charge in [0.2, 0.25) is 0 Å². The van der Waals surface area contributed by atoms with Crippen LogP contribution in [-0.2, 0) is 9.47 Å². The molecule has 1 aromatic rings. The summed E-state index contributed by atoms with van der Waals surface area (Å²) in [5.74, 6) is -0.522. The lowest BCUT2D eigenvalue weighted by Gasteiger charge is -2.37. The number of likely N-dealkylation sites (tertiary alicyclic amines) is 1. The van der Waals surface area contributed by atoms with Crippen molar-refractivity contribution in [2.24, 2.45) is 0 Å². The van der Waals surface area contributed by atoms with Gasteiger partial charge in [0.25, 0.3) is 11.8 Å². The molecule has 3 fully saturated rings. The average molecular weight is 358 g/mol. The third kappa shape index (κ3) is 3.62. The Morgan fingerprint density at radius 2 is 1.54 bits per heavy atom. The summed E-state index contributed by atoms with van der Waals surface area (Å²) in [5.41, 5.74) is 1.23. The molecule has 26 heavy (non-hydrogen) atoms. The first kappa shape index (κ1) is 17.5. The van der Waals surface area contributed by atoms with Gasteiger partial charge in [0.15, 0.2) is 5.79 Å². The SMILES string of the molecule is O=C(NC1CCCC1)c1ccc(C(=O)N2CCC3(CC2)OCCO3)cc1. The normalized spacial score (nSPS) is 22.7. The van der Waals surface area contributed by atoms with Crippen molar-refractivity contribution in [3.63, 3.8) is 0 Å². The van der Waals surface area contributed by atoms with E-state index in [-0.39, 0.29) is 11.8 Å². The summed E-state index contributed by atoms with van der Waals surface area (Å²) in [6, 6.07) is 7.28. The summed E-state index contributed by atoms with van der Waals surface area (Å²) in [6.07, 6.45) is 5.91. The highest BCUT2D eigenvalue weighted by molar-refractivity contribution is 5.98.